The number of amides is 2. The lowest BCUT2D eigenvalue weighted by atomic mass is 10.0. The summed E-state index contributed by atoms with van der Waals surface area (Å²) in [5.41, 5.74) is 2.63. The maximum absolute atomic E-state index is 13.6. The van der Waals surface area contributed by atoms with Gasteiger partial charge in [0.05, 0.1) is 5.52 Å². The van der Waals surface area contributed by atoms with E-state index in [9.17, 15) is 14.4 Å². The fourth-order valence-electron chi connectivity index (χ4n) is 4.11. The first-order valence-corrected chi connectivity index (χ1v) is 10.7. The molecule has 2 heterocycles. The molecule has 0 fully saturated rings. The highest BCUT2D eigenvalue weighted by atomic mass is 79.9. The average Bonchev–Trinajstić information content (AvgIpc) is 3.14. The Balaban J connectivity index is 1.69. The van der Waals surface area contributed by atoms with Gasteiger partial charge in [-0.15, -0.1) is 0 Å². The largest absolute Gasteiger partial charge is 0.278 e. The second kappa shape index (κ2) is 7.63. The van der Waals surface area contributed by atoms with Crippen molar-refractivity contribution in [3.8, 4) is 0 Å². The van der Waals surface area contributed by atoms with Gasteiger partial charge in [0.25, 0.3) is 17.7 Å². The molecule has 31 heavy (non-hydrogen) atoms. The molecule has 6 heteroatoms. The van der Waals surface area contributed by atoms with Crippen molar-refractivity contribution in [3.63, 3.8) is 0 Å². The van der Waals surface area contributed by atoms with Gasteiger partial charge in [-0.25, -0.2) is 0 Å². The molecule has 152 valence electrons. The summed E-state index contributed by atoms with van der Waals surface area (Å²) in [5.74, 6) is -1.11. The topological polar surface area (TPSA) is 59.4 Å². The SMILES string of the molecule is O=C(c1ccccc1)N1CCc2c(n(C(=O)c3ccccc3)c3ccc(Br)cc23)C1=O. The van der Waals surface area contributed by atoms with Crippen LogP contribution >= 0.6 is 15.9 Å². The standard InChI is InChI=1S/C25H17BrN2O3/c26-18-11-12-21-20(15-18)19-13-14-27(23(29)16-7-3-1-4-8-16)25(31)22(19)28(21)24(30)17-9-5-2-6-10-17/h1-12,15H,13-14H2. The molecule has 2 amide bonds. The van der Waals surface area contributed by atoms with Gasteiger partial charge in [-0.2, -0.15) is 0 Å². The van der Waals surface area contributed by atoms with Gasteiger partial charge in [0.1, 0.15) is 5.69 Å². The Morgan fingerprint density at radius 3 is 2.06 bits per heavy atom. The normalized spacial score (nSPS) is 13.3. The first-order chi connectivity index (χ1) is 15.1. The summed E-state index contributed by atoms with van der Waals surface area (Å²) in [7, 11) is 0. The number of halogens is 1. The van der Waals surface area contributed by atoms with Gasteiger partial charge >= 0.3 is 0 Å². The Hall–Kier alpha value is -3.51. The molecule has 0 unspecified atom stereocenters. The van der Waals surface area contributed by atoms with Crippen molar-refractivity contribution in [2.24, 2.45) is 0 Å². The van der Waals surface area contributed by atoms with Crippen molar-refractivity contribution in [1.29, 1.82) is 0 Å². The molecule has 0 saturated carbocycles. The van der Waals surface area contributed by atoms with Crippen molar-refractivity contribution >= 4 is 44.6 Å². The number of hydrogen-bond acceptors (Lipinski definition) is 3. The number of carbonyl (C=O) groups is 3. The second-order valence-corrected chi connectivity index (χ2v) is 8.29. The summed E-state index contributed by atoms with van der Waals surface area (Å²) in [4.78, 5) is 41.3. The number of hydrogen-bond donors (Lipinski definition) is 0. The summed E-state index contributed by atoms with van der Waals surface area (Å²) in [6, 6.07) is 23.2. The predicted octanol–water partition coefficient (Wildman–Crippen LogP) is 4.93. The van der Waals surface area contributed by atoms with Gasteiger partial charge in [0.15, 0.2) is 0 Å². The van der Waals surface area contributed by atoms with Crippen LogP contribution in [0.1, 0.15) is 36.8 Å². The van der Waals surface area contributed by atoms with Crippen molar-refractivity contribution in [3.05, 3.63) is 106 Å². The van der Waals surface area contributed by atoms with E-state index in [1.165, 1.54) is 9.47 Å². The highest BCUT2D eigenvalue weighted by molar-refractivity contribution is 9.10. The van der Waals surface area contributed by atoms with Crippen molar-refractivity contribution in [2.75, 3.05) is 6.54 Å². The fraction of sp³-hybridized carbons (Fsp3) is 0.0800. The Morgan fingerprint density at radius 2 is 1.42 bits per heavy atom. The van der Waals surface area contributed by atoms with Crippen molar-refractivity contribution in [2.45, 2.75) is 6.42 Å². The third-order valence-corrected chi connectivity index (χ3v) is 6.05. The van der Waals surface area contributed by atoms with Crippen molar-refractivity contribution in [1.82, 2.24) is 9.47 Å². The molecule has 1 aliphatic heterocycles. The van der Waals surface area contributed by atoms with E-state index in [0.29, 0.717) is 23.1 Å². The number of aromatic nitrogens is 1. The molecule has 0 spiro atoms. The molecule has 3 aromatic carbocycles. The van der Waals surface area contributed by atoms with Gasteiger partial charge in [0.2, 0.25) is 0 Å². The Morgan fingerprint density at radius 1 is 0.806 bits per heavy atom. The van der Waals surface area contributed by atoms with E-state index in [4.69, 9.17) is 0 Å². The molecule has 0 radical (unpaired) electrons. The highest BCUT2D eigenvalue weighted by Gasteiger charge is 2.36. The quantitative estimate of drug-likeness (QED) is 0.388. The second-order valence-electron chi connectivity index (χ2n) is 7.37. The van der Waals surface area contributed by atoms with E-state index in [1.807, 2.05) is 30.3 Å². The van der Waals surface area contributed by atoms with Crippen LogP contribution in [0.15, 0.2) is 83.3 Å². The minimum atomic E-state index is -0.452. The first-order valence-electron chi connectivity index (χ1n) is 9.90. The Labute approximate surface area is 187 Å². The zero-order chi connectivity index (χ0) is 21.5. The summed E-state index contributed by atoms with van der Waals surface area (Å²) in [6.45, 7) is 0.269. The van der Waals surface area contributed by atoms with E-state index in [0.717, 1.165) is 15.4 Å². The van der Waals surface area contributed by atoms with Crippen LogP contribution < -0.4 is 0 Å². The number of imide groups is 1. The molecule has 0 N–H and O–H groups in total. The molecular formula is C25H17BrN2O3. The van der Waals surface area contributed by atoms with Gasteiger partial charge < -0.3 is 0 Å². The molecule has 0 atom stereocenters. The van der Waals surface area contributed by atoms with Crippen LogP contribution in [0.3, 0.4) is 0 Å². The van der Waals surface area contributed by atoms with Crippen molar-refractivity contribution < 1.29 is 14.4 Å². The van der Waals surface area contributed by atoms with Gasteiger partial charge in [0, 0.05) is 27.5 Å². The van der Waals surface area contributed by atoms with E-state index in [2.05, 4.69) is 15.9 Å². The van der Waals surface area contributed by atoms with Crippen LogP contribution in [-0.2, 0) is 6.42 Å². The zero-order valence-electron chi connectivity index (χ0n) is 16.4. The summed E-state index contributed by atoms with van der Waals surface area (Å²) in [5, 5.41) is 0.841. The lowest BCUT2D eigenvalue weighted by Crippen LogP contribution is -2.43. The lowest BCUT2D eigenvalue weighted by Gasteiger charge is -2.26. The number of carbonyl (C=O) groups excluding carboxylic acids is 3. The average molecular weight is 473 g/mol. The summed E-state index contributed by atoms with van der Waals surface area (Å²) >= 11 is 3.49. The zero-order valence-corrected chi connectivity index (χ0v) is 18.0. The van der Waals surface area contributed by atoms with Gasteiger partial charge in [-0.3, -0.25) is 23.9 Å². The van der Waals surface area contributed by atoms with Crippen LogP contribution in [0.2, 0.25) is 0 Å². The predicted molar refractivity (Wildman–Crippen MR) is 121 cm³/mol. The molecule has 0 bridgehead atoms. The monoisotopic (exact) mass is 472 g/mol. The number of rotatable bonds is 2. The van der Waals surface area contributed by atoms with Crippen LogP contribution in [0, 0.1) is 0 Å². The number of benzene rings is 3. The summed E-state index contributed by atoms with van der Waals surface area (Å²) < 4.78 is 2.32. The molecule has 4 aromatic rings. The smallest absolute Gasteiger partial charge is 0.273 e. The molecule has 1 aromatic heterocycles. The molecule has 5 rings (SSSR count). The van der Waals surface area contributed by atoms with Crippen LogP contribution in [0.25, 0.3) is 10.9 Å². The third kappa shape index (κ3) is 3.20. The minimum Gasteiger partial charge on any atom is -0.273 e. The van der Waals surface area contributed by atoms with E-state index in [-0.39, 0.29) is 24.1 Å². The number of nitrogens with zero attached hydrogens (tertiary/aromatic N) is 2. The highest BCUT2D eigenvalue weighted by Crippen LogP contribution is 2.34. The van der Waals surface area contributed by atoms with E-state index < -0.39 is 5.91 Å². The molecular weight excluding hydrogens is 456 g/mol. The number of fused-ring (bicyclic) bond motifs is 3. The molecule has 5 nitrogen and oxygen atoms in total. The first kappa shape index (κ1) is 19.5. The van der Waals surface area contributed by atoms with Crippen LogP contribution in [-0.4, -0.2) is 33.7 Å². The van der Waals surface area contributed by atoms with Gasteiger partial charge in [-0.05, 0) is 54.4 Å². The molecule has 0 saturated heterocycles. The van der Waals surface area contributed by atoms with E-state index in [1.54, 1.807) is 48.5 Å². The fourth-order valence-corrected chi connectivity index (χ4v) is 4.47. The van der Waals surface area contributed by atoms with E-state index >= 15 is 0 Å². The van der Waals surface area contributed by atoms with Crippen LogP contribution in [0.4, 0.5) is 0 Å². The molecule has 0 aliphatic carbocycles. The van der Waals surface area contributed by atoms with Gasteiger partial charge in [-0.1, -0.05) is 52.3 Å². The maximum atomic E-state index is 13.6. The minimum absolute atomic E-state index is 0.262. The lowest BCUT2D eigenvalue weighted by molar-refractivity contribution is 0.0593. The van der Waals surface area contributed by atoms with Crippen LogP contribution in [0.5, 0.6) is 0 Å². The summed E-state index contributed by atoms with van der Waals surface area (Å²) in [6.07, 6.45) is 0.488. The third-order valence-electron chi connectivity index (χ3n) is 5.56. The Bertz CT molecular complexity index is 1340. The molecule has 1 aliphatic rings. The maximum Gasteiger partial charge on any atom is 0.278 e. The Kier molecular flexibility index (Phi) is 4.79.